The van der Waals surface area contributed by atoms with Gasteiger partial charge in [0.05, 0.1) is 11.3 Å². The molecular weight excluding hydrogens is 389 g/mol. The molecule has 1 aromatic carbocycles. The minimum absolute atomic E-state index is 0.656. The van der Waals surface area contributed by atoms with Gasteiger partial charge in [-0.2, -0.15) is 13.2 Å². The number of aromatic nitrogens is 2. The highest BCUT2D eigenvalue weighted by atomic mass is 79.9. The Kier molecular flexibility index (Phi) is 4.25. The van der Waals surface area contributed by atoms with Gasteiger partial charge in [-0.1, -0.05) is 12.1 Å². The van der Waals surface area contributed by atoms with Gasteiger partial charge < -0.3 is 0 Å². The zero-order chi connectivity index (χ0) is 16.6. The summed E-state index contributed by atoms with van der Waals surface area (Å²) in [7, 11) is 0. The molecule has 0 spiro atoms. The first-order chi connectivity index (χ1) is 10.8. The molecule has 2 nitrogen and oxygen atoms in total. The Hall–Kier alpha value is -1.73. The molecule has 23 heavy (non-hydrogen) atoms. The summed E-state index contributed by atoms with van der Waals surface area (Å²) in [5.41, 5.74) is 2.35. The number of alkyl halides is 3. The molecule has 0 N–H and O–H groups in total. The van der Waals surface area contributed by atoms with Crippen molar-refractivity contribution >= 4 is 27.3 Å². The van der Waals surface area contributed by atoms with Gasteiger partial charge in [0.2, 0.25) is 0 Å². The molecule has 7 heteroatoms. The van der Waals surface area contributed by atoms with Crippen LogP contribution < -0.4 is 0 Å². The van der Waals surface area contributed by atoms with Crippen molar-refractivity contribution < 1.29 is 13.2 Å². The van der Waals surface area contributed by atoms with Gasteiger partial charge in [0.15, 0.2) is 0 Å². The Morgan fingerprint density at radius 1 is 1.00 bits per heavy atom. The highest BCUT2D eigenvalue weighted by Gasteiger charge is 2.29. The summed E-state index contributed by atoms with van der Waals surface area (Å²) in [6, 6.07) is 8.80. The minimum Gasteiger partial charge on any atom is -0.251 e. The van der Waals surface area contributed by atoms with E-state index in [1.807, 2.05) is 24.4 Å². The molecule has 0 amide bonds. The maximum Gasteiger partial charge on any atom is 0.416 e. The summed E-state index contributed by atoms with van der Waals surface area (Å²) < 4.78 is 38.7. The second-order valence-corrected chi connectivity index (χ2v) is 6.60. The van der Waals surface area contributed by atoms with Crippen LogP contribution in [0, 0.1) is 6.92 Å². The molecule has 0 atom stereocenters. The van der Waals surface area contributed by atoms with E-state index in [9.17, 15) is 13.2 Å². The molecule has 0 aliphatic heterocycles. The van der Waals surface area contributed by atoms with Crippen LogP contribution in [0.2, 0.25) is 0 Å². The van der Waals surface area contributed by atoms with E-state index in [4.69, 9.17) is 0 Å². The highest BCUT2D eigenvalue weighted by Crippen LogP contribution is 2.32. The van der Waals surface area contributed by atoms with E-state index < -0.39 is 11.7 Å². The Morgan fingerprint density at radius 3 is 2.26 bits per heavy atom. The molecule has 118 valence electrons. The molecule has 0 saturated carbocycles. The van der Waals surface area contributed by atoms with Crippen LogP contribution in [-0.2, 0) is 6.18 Å². The maximum absolute atomic E-state index is 12.7. The van der Waals surface area contributed by atoms with Crippen molar-refractivity contribution in [2.24, 2.45) is 0 Å². The summed E-state index contributed by atoms with van der Waals surface area (Å²) in [5.74, 6) is 0. The maximum atomic E-state index is 12.7. The summed E-state index contributed by atoms with van der Waals surface area (Å²) in [6.07, 6.45) is -4.33. The molecule has 0 aliphatic carbocycles. The van der Waals surface area contributed by atoms with E-state index in [0.29, 0.717) is 11.3 Å². The zero-order valence-corrected chi connectivity index (χ0v) is 14.3. The average molecular weight is 399 g/mol. The molecule has 0 radical (unpaired) electrons. The topological polar surface area (TPSA) is 25.8 Å². The largest absolute Gasteiger partial charge is 0.416 e. The van der Waals surface area contributed by atoms with Gasteiger partial charge in [-0.25, -0.2) is 4.98 Å². The number of halogens is 4. The lowest BCUT2D eigenvalue weighted by Gasteiger charge is -2.09. The molecule has 2 aromatic heterocycles. The number of pyridine rings is 1. The summed E-state index contributed by atoms with van der Waals surface area (Å²) >= 11 is 4.75. The molecule has 0 bridgehead atoms. The van der Waals surface area contributed by atoms with Crippen molar-refractivity contribution in [1.29, 1.82) is 0 Å². The van der Waals surface area contributed by atoms with E-state index in [-0.39, 0.29) is 0 Å². The minimum atomic E-state index is -4.33. The van der Waals surface area contributed by atoms with E-state index in [0.717, 1.165) is 33.0 Å². The van der Waals surface area contributed by atoms with Crippen LogP contribution in [0.3, 0.4) is 0 Å². The van der Waals surface area contributed by atoms with Gasteiger partial charge in [0.1, 0.15) is 9.61 Å². The average Bonchev–Trinajstić information content (AvgIpc) is 2.92. The molecule has 0 fully saturated rings. The summed E-state index contributed by atoms with van der Waals surface area (Å²) in [6.45, 7) is 1.85. The fraction of sp³-hybridized carbons (Fsp3) is 0.125. The van der Waals surface area contributed by atoms with Crippen molar-refractivity contribution in [3.63, 3.8) is 0 Å². The van der Waals surface area contributed by atoms with Crippen molar-refractivity contribution in [3.8, 4) is 21.8 Å². The van der Waals surface area contributed by atoms with Crippen LogP contribution in [0.25, 0.3) is 21.8 Å². The first-order valence-corrected chi connectivity index (χ1v) is 8.28. The quantitative estimate of drug-likeness (QED) is 0.531. The third-order valence-corrected chi connectivity index (χ3v) is 4.77. The van der Waals surface area contributed by atoms with Crippen LogP contribution in [0.15, 0.2) is 46.4 Å². The van der Waals surface area contributed by atoms with Crippen molar-refractivity contribution in [2.45, 2.75) is 13.1 Å². The lowest BCUT2D eigenvalue weighted by molar-refractivity contribution is -0.137. The predicted octanol–water partition coefficient (Wildman–Crippen LogP) is 5.96. The molecule has 3 aromatic rings. The standard InChI is InChI=1S/C16H10BrF3N2S/c1-9-6-11(7-13(21-9)15-22-14(17)8-23-15)10-2-4-12(5-3-10)16(18,19)20/h2-8H,1H3. The Bertz CT molecular complexity index is 841. The Balaban J connectivity index is 2.01. The predicted molar refractivity (Wildman–Crippen MR) is 88.2 cm³/mol. The van der Waals surface area contributed by atoms with E-state index in [2.05, 4.69) is 25.9 Å². The van der Waals surface area contributed by atoms with Crippen LogP contribution in [0.1, 0.15) is 11.3 Å². The lowest BCUT2D eigenvalue weighted by atomic mass is 10.0. The van der Waals surface area contributed by atoms with Crippen molar-refractivity contribution in [1.82, 2.24) is 9.97 Å². The third kappa shape index (κ3) is 3.61. The molecule has 3 rings (SSSR count). The van der Waals surface area contributed by atoms with Gasteiger partial charge >= 0.3 is 6.18 Å². The molecule has 0 aliphatic rings. The zero-order valence-electron chi connectivity index (χ0n) is 11.9. The van der Waals surface area contributed by atoms with Gasteiger partial charge in [-0.05, 0) is 58.2 Å². The second-order valence-electron chi connectivity index (χ2n) is 4.93. The second kappa shape index (κ2) is 6.05. The van der Waals surface area contributed by atoms with Crippen LogP contribution in [0.5, 0.6) is 0 Å². The highest BCUT2D eigenvalue weighted by molar-refractivity contribution is 9.10. The Labute approximate surface area is 143 Å². The smallest absolute Gasteiger partial charge is 0.251 e. The molecule has 0 unspecified atom stereocenters. The molecule has 2 heterocycles. The fourth-order valence-corrected chi connectivity index (χ4v) is 3.38. The summed E-state index contributed by atoms with van der Waals surface area (Å²) in [5, 5.41) is 2.62. The van der Waals surface area contributed by atoms with Crippen molar-refractivity contribution in [2.75, 3.05) is 0 Å². The number of hydrogen-bond donors (Lipinski definition) is 0. The fourth-order valence-electron chi connectivity index (χ4n) is 2.17. The first-order valence-electron chi connectivity index (χ1n) is 6.60. The van der Waals surface area contributed by atoms with Gasteiger partial charge in [0.25, 0.3) is 0 Å². The first kappa shape index (κ1) is 16.1. The van der Waals surface area contributed by atoms with Gasteiger partial charge in [-0.15, -0.1) is 11.3 Å². The van der Waals surface area contributed by atoms with Crippen LogP contribution in [0.4, 0.5) is 13.2 Å². The Morgan fingerprint density at radius 2 is 1.70 bits per heavy atom. The number of thiazole rings is 1. The number of rotatable bonds is 2. The number of hydrogen-bond acceptors (Lipinski definition) is 3. The summed E-state index contributed by atoms with van der Waals surface area (Å²) in [4.78, 5) is 8.77. The van der Waals surface area contributed by atoms with E-state index in [1.54, 1.807) is 0 Å². The van der Waals surface area contributed by atoms with Crippen LogP contribution in [-0.4, -0.2) is 9.97 Å². The van der Waals surface area contributed by atoms with Gasteiger partial charge in [0, 0.05) is 11.1 Å². The normalized spacial score (nSPS) is 11.7. The SMILES string of the molecule is Cc1cc(-c2ccc(C(F)(F)F)cc2)cc(-c2nc(Br)cs2)n1. The third-order valence-electron chi connectivity index (χ3n) is 3.19. The van der Waals surface area contributed by atoms with Crippen molar-refractivity contribution in [3.05, 3.63) is 57.6 Å². The van der Waals surface area contributed by atoms with E-state index in [1.165, 1.54) is 23.5 Å². The molecule has 0 saturated heterocycles. The lowest BCUT2D eigenvalue weighted by Crippen LogP contribution is -2.04. The monoisotopic (exact) mass is 398 g/mol. The number of benzene rings is 1. The van der Waals surface area contributed by atoms with Crippen LogP contribution >= 0.6 is 27.3 Å². The van der Waals surface area contributed by atoms with E-state index >= 15 is 0 Å². The number of nitrogens with zero attached hydrogens (tertiary/aromatic N) is 2. The molecular formula is C16H10BrF3N2S. The van der Waals surface area contributed by atoms with Gasteiger partial charge in [-0.3, -0.25) is 4.98 Å². The number of aryl methyl sites for hydroxylation is 1.